The molecule has 0 aromatic heterocycles. The van der Waals surface area contributed by atoms with Crippen molar-refractivity contribution < 1.29 is 19.0 Å². The van der Waals surface area contributed by atoms with Gasteiger partial charge in [-0.1, -0.05) is 18.2 Å². The normalized spacial score (nSPS) is 10.4. The van der Waals surface area contributed by atoms with Gasteiger partial charge in [0.1, 0.15) is 5.75 Å². The van der Waals surface area contributed by atoms with E-state index in [1.807, 2.05) is 31.2 Å². The number of nitrogens with one attached hydrogen (secondary N) is 1. The summed E-state index contributed by atoms with van der Waals surface area (Å²) >= 11 is 0. The lowest BCUT2D eigenvalue weighted by molar-refractivity contribution is -0.123. The second-order valence-corrected chi connectivity index (χ2v) is 4.74. The molecule has 2 rings (SSSR count). The van der Waals surface area contributed by atoms with Crippen LogP contribution in [0.5, 0.6) is 17.2 Å². The molecule has 2 aromatic carbocycles. The molecule has 0 spiro atoms. The van der Waals surface area contributed by atoms with E-state index in [0.717, 1.165) is 5.56 Å². The molecule has 0 bridgehead atoms. The fraction of sp³-hybridized carbons (Fsp3) is 0.222. The van der Waals surface area contributed by atoms with Crippen LogP contribution in [0.1, 0.15) is 12.5 Å². The van der Waals surface area contributed by atoms with Crippen LogP contribution in [-0.2, 0) is 4.79 Å². The van der Waals surface area contributed by atoms with Gasteiger partial charge in [-0.2, -0.15) is 5.10 Å². The molecular formula is C18H20N2O4. The van der Waals surface area contributed by atoms with E-state index >= 15 is 0 Å². The second-order valence-electron chi connectivity index (χ2n) is 4.74. The highest BCUT2D eigenvalue weighted by Gasteiger charge is 2.04. The van der Waals surface area contributed by atoms with Crippen LogP contribution in [0.3, 0.4) is 0 Å². The molecule has 126 valence electrons. The van der Waals surface area contributed by atoms with Crippen LogP contribution in [0.15, 0.2) is 53.6 Å². The van der Waals surface area contributed by atoms with Gasteiger partial charge in [-0.3, -0.25) is 4.79 Å². The minimum atomic E-state index is -0.340. The van der Waals surface area contributed by atoms with Crippen LogP contribution < -0.4 is 19.6 Å². The number of carbonyl (C=O) groups is 1. The van der Waals surface area contributed by atoms with Gasteiger partial charge in [0.05, 0.1) is 19.9 Å². The smallest absolute Gasteiger partial charge is 0.277 e. The fourth-order valence-electron chi connectivity index (χ4n) is 1.92. The summed E-state index contributed by atoms with van der Waals surface area (Å²) in [4.78, 5) is 11.7. The van der Waals surface area contributed by atoms with Crippen molar-refractivity contribution in [3.8, 4) is 17.2 Å². The Hall–Kier alpha value is -3.02. The molecule has 0 saturated heterocycles. The number of hydrogen-bond donors (Lipinski definition) is 1. The van der Waals surface area contributed by atoms with Gasteiger partial charge in [-0.05, 0) is 42.8 Å². The third kappa shape index (κ3) is 5.31. The number of para-hydroxylation sites is 1. The van der Waals surface area contributed by atoms with Crippen LogP contribution in [-0.4, -0.2) is 32.4 Å². The highest BCUT2D eigenvalue weighted by molar-refractivity contribution is 5.83. The van der Waals surface area contributed by atoms with Crippen molar-refractivity contribution in [1.29, 1.82) is 0 Å². The Kier molecular flexibility index (Phi) is 6.64. The Labute approximate surface area is 141 Å². The summed E-state index contributed by atoms with van der Waals surface area (Å²) in [6.07, 6.45) is 1.53. The first kappa shape index (κ1) is 17.3. The molecule has 2 aromatic rings. The SMILES string of the molecule is CCOc1ccc(/C=N/NC(=O)COc2ccccc2)cc1OC. The number of nitrogens with zero attached hydrogens (tertiary/aromatic N) is 1. The molecule has 6 nitrogen and oxygen atoms in total. The van der Waals surface area contributed by atoms with Crippen molar-refractivity contribution in [3.63, 3.8) is 0 Å². The topological polar surface area (TPSA) is 69.2 Å². The number of rotatable bonds is 8. The Morgan fingerprint density at radius 1 is 1.12 bits per heavy atom. The van der Waals surface area contributed by atoms with E-state index in [4.69, 9.17) is 14.2 Å². The van der Waals surface area contributed by atoms with Gasteiger partial charge in [0.25, 0.3) is 5.91 Å². The highest BCUT2D eigenvalue weighted by Crippen LogP contribution is 2.27. The van der Waals surface area contributed by atoms with Crippen LogP contribution in [0.4, 0.5) is 0 Å². The van der Waals surface area contributed by atoms with Gasteiger partial charge in [0.2, 0.25) is 0 Å². The van der Waals surface area contributed by atoms with E-state index < -0.39 is 0 Å². The van der Waals surface area contributed by atoms with E-state index in [1.54, 1.807) is 31.4 Å². The molecule has 24 heavy (non-hydrogen) atoms. The van der Waals surface area contributed by atoms with Gasteiger partial charge in [-0.15, -0.1) is 0 Å². The highest BCUT2D eigenvalue weighted by atomic mass is 16.5. The summed E-state index contributed by atoms with van der Waals surface area (Å²) in [5, 5.41) is 3.90. The second kappa shape index (κ2) is 9.19. The zero-order chi connectivity index (χ0) is 17.2. The van der Waals surface area contributed by atoms with E-state index in [0.29, 0.717) is 23.9 Å². The van der Waals surface area contributed by atoms with Crippen molar-refractivity contribution in [2.75, 3.05) is 20.3 Å². The monoisotopic (exact) mass is 328 g/mol. The summed E-state index contributed by atoms with van der Waals surface area (Å²) in [6.45, 7) is 2.36. The Bertz CT molecular complexity index is 687. The number of benzene rings is 2. The summed E-state index contributed by atoms with van der Waals surface area (Å²) < 4.78 is 16.0. The van der Waals surface area contributed by atoms with Crippen molar-refractivity contribution in [3.05, 3.63) is 54.1 Å². The lowest BCUT2D eigenvalue weighted by atomic mass is 10.2. The first-order valence-electron chi connectivity index (χ1n) is 7.53. The molecule has 0 fully saturated rings. The molecule has 0 unspecified atom stereocenters. The molecule has 0 aliphatic heterocycles. The lowest BCUT2D eigenvalue weighted by Gasteiger charge is -2.09. The molecule has 1 N–H and O–H groups in total. The average molecular weight is 328 g/mol. The third-order valence-corrected chi connectivity index (χ3v) is 3.00. The molecule has 0 radical (unpaired) electrons. The van der Waals surface area contributed by atoms with Crippen LogP contribution >= 0.6 is 0 Å². The van der Waals surface area contributed by atoms with E-state index in [-0.39, 0.29) is 12.5 Å². The Balaban J connectivity index is 1.85. The summed E-state index contributed by atoms with van der Waals surface area (Å²) in [6, 6.07) is 14.5. The first-order chi connectivity index (χ1) is 11.7. The predicted octanol–water partition coefficient (Wildman–Crippen LogP) is 2.62. The molecule has 0 aliphatic carbocycles. The van der Waals surface area contributed by atoms with Crippen molar-refractivity contribution in [2.45, 2.75) is 6.92 Å². The van der Waals surface area contributed by atoms with Crippen molar-refractivity contribution in [1.82, 2.24) is 5.43 Å². The van der Waals surface area contributed by atoms with Gasteiger partial charge in [0.15, 0.2) is 18.1 Å². The molecule has 6 heteroatoms. The van der Waals surface area contributed by atoms with E-state index in [9.17, 15) is 4.79 Å². The van der Waals surface area contributed by atoms with Gasteiger partial charge in [-0.25, -0.2) is 5.43 Å². The largest absolute Gasteiger partial charge is 0.493 e. The Morgan fingerprint density at radius 3 is 2.62 bits per heavy atom. The zero-order valence-corrected chi connectivity index (χ0v) is 13.7. The van der Waals surface area contributed by atoms with Gasteiger partial charge < -0.3 is 14.2 Å². The van der Waals surface area contributed by atoms with Crippen molar-refractivity contribution in [2.24, 2.45) is 5.10 Å². The standard InChI is InChI=1S/C18H20N2O4/c1-3-23-16-10-9-14(11-17(16)22-2)12-19-20-18(21)13-24-15-7-5-4-6-8-15/h4-12H,3,13H2,1-2H3,(H,20,21)/b19-12+. The molecule has 1 amide bonds. The van der Waals surface area contributed by atoms with E-state index in [2.05, 4.69) is 10.5 Å². The third-order valence-electron chi connectivity index (χ3n) is 3.00. The summed E-state index contributed by atoms with van der Waals surface area (Å²) in [7, 11) is 1.57. The van der Waals surface area contributed by atoms with Crippen LogP contribution in [0.2, 0.25) is 0 Å². The zero-order valence-electron chi connectivity index (χ0n) is 13.7. The van der Waals surface area contributed by atoms with E-state index in [1.165, 1.54) is 6.21 Å². The molecule has 0 saturated carbocycles. The molecule has 0 aliphatic rings. The number of methoxy groups -OCH3 is 1. The van der Waals surface area contributed by atoms with Crippen LogP contribution in [0, 0.1) is 0 Å². The number of hydrazone groups is 1. The first-order valence-corrected chi connectivity index (χ1v) is 7.53. The fourth-order valence-corrected chi connectivity index (χ4v) is 1.92. The predicted molar refractivity (Wildman–Crippen MR) is 91.8 cm³/mol. The number of ether oxygens (including phenoxy) is 3. The maximum Gasteiger partial charge on any atom is 0.277 e. The number of hydrogen-bond acceptors (Lipinski definition) is 5. The quantitative estimate of drug-likeness (QED) is 0.597. The Morgan fingerprint density at radius 2 is 1.92 bits per heavy atom. The van der Waals surface area contributed by atoms with Crippen LogP contribution in [0.25, 0.3) is 0 Å². The maximum atomic E-state index is 11.7. The minimum absolute atomic E-state index is 0.103. The van der Waals surface area contributed by atoms with Gasteiger partial charge >= 0.3 is 0 Å². The maximum absolute atomic E-state index is 11.7. The summed E-state index contributed by atoms with van der Waals surface area (Å²) in [5.74, 6) is 1.57. The molecular weight excluding hydrogens is 308 g/mol. The minimum Gasteiger partial charge on any atom is -0.493 e. The molecule has 0 heterocycles. The lowest BCUT2D eigenvalue weighted by Crippen LogP contribution is -2.24. The van der Waals surface area contributed by atoms with Crippen molar-refractivity contribution >= 4 is 12.1 Å². The van der Waals surface area contributed by atoms with Gasteiger partial charge in [0, 0.05) is 0 Å². The summed E-state index contributed by atoms with van der Waals surface area (Å²) in [5.41, 5.74) is 3.19. The number of carbonyl (C=O) groups excluding carboxylic acids is 1. The number of amides is 1. The average Bonchev–Trinajstić information content (AvgIpc) is 2.62. The molecule has 0 atom stereocenters.